The molecule has 0 saturated carbocycles. The molecule has 2 N–H and O–H groups in total. The highest BCUT2D eigenvalue weighted by Crippen LogP contribution is 2.13. The van der Waals surface area contributed by atoms with E-state index in [2.05, 4.69) is 16.0 Å². The van der Waals surface area contributed by atoms with Crippen LogP contribution in [0, 0.1) is 12.3 Å². The van der Waals surface area contributed by atoms with Crippen molar-refractivity contribution in [1.82, 2.24) is 10.0 Å². The number of hydrogen-bond acceptors (Lipinski definition) is 4. The molecule has 88 valence electrons. The quantitative estimate of drug-likeness (QED) is 0.556. The van der Waals surface area contributed by atoms with E-state index in [9.17, 15) is 8.42 Å². The molecular formula is C10H14N2O3S. The lowest BCUT2D eigenvalue weighted by Crippen LogP contribution is -2.24. The number of furan rings is 1. The first-order chi connectivity index (χ1) is 7.60. The van der Waals surface area contributed by atoms with Crippen LogP contribution in [0.2, 0.25) is 0 Å². The average Bonchev–Trinajstić information content (AvgIpc) is 2.68. The van der Waals surface area contributed by atoms with Crippen LogP contribution >= 0.6 is 0 Å². The molecule has 1 aromatic rings. The van der Waals surface area contributed by atoms with E-state index in [1.54, 1.807) is 13.1 Å². The van der Waals surface area contributed by atoms with Crippen molar-refractivity contribution in [2.75, 3.05) is 13.6 Å². The van der Waals surface area contributed by atoms with E-state index in [1.807, 2.05) is 0 Å². The van der Waals surface area contributed by atoms with Gasteiger partial charge in [0.1, 0.15) is 5.76 Å². The Morgan fingerprint density at radius 3 is 2.88 bits per heavy atom. The molecule has 0 aliphatic rings. The van der Waals surface area contributed by atoms with Crippen LogP contribution in [-0.2, 0) is 16.6 Å². The van der Waals surface area contributed by atoms with Gasteiger partial charge in [-0.3, -0.25) is 0 Å². The van der Waals surface area contributed by atoms with Crippen LogP contribution in [0.1, 0.15) is 12.2 Å². The standard InChI is InChI=1S/C10H14N2O3S/c1-3-4-7-12-16(13,14)10-6-5-9(15-10)8-11-2/h1,5-6,11-12H,4,7-8H2,2H3. The molecule has 0 radical (unpaired) electrons. The predicted molar refractivity (Wildman–Crippen MR) is 60.1 cm³/mol. The molecule has 0 spiro atoms. The molecule has 0 amide bonds. The van der Waals surface area contributed by atoms with Gasteiger partial charge in [0.2, 0.25) is 5.09 Å². The lowest BCUT2D eigenvalue weighted by atomic mass is 10.4. The predicted octanol–water partition coefficient (Wildman–Crippen LogP) is 0.301. The van der Waals surface area contributed by atoms with Gasteiger partial charge >= 0.3 is 0 Å². The lowest BCUT2D eigenvalue weighted by molar-refractivity contribution is 0.405. The van der Waals surface area contributed by atoms with Gasteiger partial charge in [-0.1, -0.05) is 0 Å². The van der Waals surface area contributed by atoms with E-state index in [-0.39, 0.29) is 11.6 Å². The van der Waals surface area contributed by atoms with Crippen molar-refractivity contribution < 1.29 is 12.8 Å². The second-order valence-electron chi connectivity index (χ2n) is 3.10. The first kappa shape index (κ1) is 12.8. The van der Waals surface area contributed by atoms with Gasteiger partial charge in [0.25, 0.3) is 10.0 Å². The van der Waals surface area contributed by atoms with E-state index in [1.165, 1.54) is 6.07 Å². The maximum absolute atomic E-state index is 11.6. The van der Waals surface area contributed by atoms with Crippen molar-refractivity contribution >= 4 is 10.0 Å². The Labute approximate surface area is 95.3 Å². The Morgan fingerprint density at radius 1 is 1.50 bits per heavy atom. The Kier molecular flexibility index (Phi) is 4.55. The molecule has 0 unspecified atom stereocenters. The minimum Gasteiger partial charge on any atom is -0.447 e. The zero-order valence-corrected chi connectivity index (χ0v) is 9.80. The van der Waals surface area contributed by atoms with Gasteiger partial charge in [-0.2, -0.15) is 0 Å². The fourth-order valence-electron chi connectivity index (χ4n) is 1.10. The van der Waals surface area contributed by atoms with Crippen LogP contribution in [0.15, 0.2) is 21.6 Å². The summed E-state index contributed by atoms with van der Waals surface area (Å²) in [6.45, 7) is 0.695. The van der Waals surface area contributed by atoms with Gasteiger partial charge in [-0.15, -0.1) is 12.3 Å². The molecule has 1 rings (SSSR count). The monoisotopic (exact) mass is 242 g/mol. The van der Waals surface area contributed by atoms with E-state index >= 15 is 0 Å². The molecule has 0 aromatic carbocycles. The summed E-state index contributed by atoms with van der Waals surface area (Å²) >= 11 is 0. The molecule has 16 heavy (non-hydrogen) atoms. The first-order valence-corrected chi connectivity index (χ1v) is 6.25. The molecule has 0 aliphatic heterocycles. The Balaban J connectivity index is 2.71. The average molecular weight is 242 g/mol. The Bertz CT molecular complexity index is 470. The van der Waals surface area contributed by atoms with Crippen LogP contribution in [-0.4, -0.2) is 22.0 Å². The Morgan fingerprint density at radius 2 is 2.25 bits per heavy atom. The molecule has 0 fully saturated rings. The number of terminal acetylenes is 1. The normalized spacial score (nSPS) is 11.2. The molecule has 1 heterocycles. The zero-order chi connectivity index (χ0) is 12.0. The summed E-state index contributed by atoms with van der Waals surface area (Å²) in [7, 11) is -1.82. The van der Waals surface area contributed by atoms with E-state index in [0.29, 0.717) is 18.7 Å². The number of hydrogen-bond donors (Lipinski definition) is 2. The van der Waals surface area contributed by atoms with Crippen molar-refractivity contribution in [1.29, 1.82) is 0 Å². The summed E-state index contributed by atoms with van der Waals surface area (Å²) < 4.78 is 30.8. The van der Waals surface area contributed by atoms with Crippen LogP contribution in [0.4, 0.5) is 0 Å². The van der Waals surface area contributed by atoms with E-state index < -0.39 is 10.0 Å². The molecule has 5 nitrogen and oxygen atoms in total. The van der Waals surface area contributed by atoms with Crippen LogP contribution in [0.25, 0.3) is 0 Å². The van der Waals surface area contributed by atoms with Gasteiger partial charge in [0.15, 0.2) is 0 Å². The largest absolute Gasteiger partial charge is 0.447 e. The SMILES string of the molecule is C#CCCNS(=O)(=O)c1ccc(CNC)o1. The fraction of sp³-hybridized carbons (Fsp3) is 0.400. The maximum Gasteiger partial charge on any atom is 0.273 e. The summed E-state index contributed by atoms with van der Waals surface area (Å²) in [4.78, 5) is 0. The van der Waals surface area contributed by atoms with Gasteiger partial charge in [0.05, 0.1) is 6.54 Å². The third-order valence-electron chi connectivity index (χ3n) is 1.81. The third-order valence-corrected chi connectivity index (χ3v) is 3.15. The summed E-state index contributed by atoms with van der Waals surface area (Å²) in [5.74, 6) is 2.92. The van der Waals surface area contributed by atoms with Gasteiger partial charge in [0, 0.05) is 13.0 Å². The van der Waals surface area contributed by atoms with Crippen molar-refractivity contribution in [3.63, 3.8) is 0 Å². The molecule has 6 heteroatoms. The fourth-order valence-corrected chi connectivity index (χ4v) is 2.08. The highest BCUT2D eigenvalue weighted by Gasteiger charge is 2.17. The first-order valence-electron chi connectivity index (χ1n) is 4.76. The number of sulfonamides is 1. The highest BCUT2D eigenvalue weighted by atomic mass is 32.2. The van der Waals surface area contributed by atoms with Gasteiger partial charge in [-0.25, -0.2) is 13.1 Å². The smallest absolute Gasteiger partial charge is 0.273 e. The summed E-state index contributed by atoms with van der Waals surface area (Å²) in [6.07, 6.45) is 5.37. The van der Waals surface area contributed by atoms with E-state index in [0.717, 1.165) is 0 Å². The van der Waals surface area contributed by atoms with Crippen LogP contribution in [0.5, 0.6) is 0 Å². The second kappa shape index (κ2) is 5.70. The molecule has 0 bridgehead atoms. The van der Waals surface area contributed by atoms with Crippen LogP contribution in [0.3, 0.4) is 0 Å². The number of rotatable bonds is 6. The minimum absolute atomic E-state index is 0.0882. The minimum atomic E-state index is -3.57. The van der Waals surface area contributed by atoms with Crippen molar-refractivity contribution in [3.8, 4) is 12.3 Å². The number of nitrogens with one attached hydrogen (secondary N) is 2. The van der Waals surface area contributed by atoms with Gasteiger partial charge < -0.3 is 9.73 Å². The molecule has 0 aliphatic carbocycles. The van der Waals surface area contributed by atoms with Crippen molar-refractivity contribution in [3.05, 3.63) is 17.9 Å². The summed E-state index contributed by atoms with van der Waals surface area (Å²) in [5, 5.41) is 2.78. The molecule has 1 aromatic heterocycles. The van der Waals surface area contributed by atoms with Gasteiger partial charge in [-0.05, 0) is 19.2 Å². The maximum atomic E-state index is 11.6. The zero-order valence-electron chi connectivity index (χ0n) is 8.99. The highest BCUT2D eigenvalue weighted by molar-refractivity contribution is 7.89. The third kappa shape index (κ3) is 3.38. The summed E-state index contributed by atoms with van der Waals surface area (Å²) in [6, 6.07) is 3.04. The summed E-state index contributed by atoms with van der Waals surface area (Å²) in [5.41, 5.74) is 0. The molecule has 0 atom stereocenters. The lowest BCUT2D eigenvalue weighted by Gasteiger charge is -2.01. The Hall–Kier alpha value is -1.29. The molecule has 0 saturated heterocycles. The topological polar surface area (TPSA) is 71.3 Å². The van der Waals surface area contributed by atoms with Crippen LogP contribution < -0.4 is 10.0 Å². The van der Waals surface area contributed by atoms with Crippen molar-refractivity contribution in [2.24, 2.45) is 0 Å². The molecular weight excluding hydrogens is 228 g/mol. The van der Waals surface area contributed by atoms with E-state index in [4.69, 9.17) is 10.8 Å². The second-order valence-corrected chi connectivity index (χ2v) is 4.80. The van der Waals surface area contributed by atoms with Crippen molar-refractivity contribution in [2.45, 2.75) is 18.1 Å².